The number of rotatable bonds is 2. The molecular weight excluding hydrogens is 395 g/mol. The summed E-state index contributed by atoms with van der Waals surface area (Å²) in [5, 5.41) is 0. The van der Waals surface area contributed by atoms with Crippen molar-refractivity contribution in [3.63, 3.8) is 0 Å². The van der Waals surface area contributed by atoms with Gasteiger partial charge in [-0.2, -0.15) is 30.3 Å². The van der Waals surface area contributed by atoms with Crippen molar-refractivity contribution in [1.29, 1.82) is 0 Å². The van der Waals surface area contributed by atoms with Crippen LogP contribution in [-0.4, -0.2) is 7.11 Å². The van der Waals surface area contributed by atoms with Crippen LogP contribution < -0.4 is 0 Å². The second-order valence-corrected chi connectivity index (χ2v) is 1.84. The zero-order chi connectivity index (χ0) is 8.53. The summed E-state index contributed by atoms with van der Waals surface area (Å²) in [5.41, 5.74) is 1.19. The van der Waals surface area contributed by atoms with E-state index >= 15 is 0 Å². The first kappa shape index (κ1) is 12.8. The summed E-state index contributed by atoms with van der Waals surface area (Å²) in [6.07, 6.45) is 0. The van der Waals surface area contributed by atoms with Crippen LogP contribution in [0.2, 0.25) is 0 Å². The Bertz CT molecular complexity index is 163. The third-order valence-corrected chi connectivity index (χ3v) is 1.10. The van der Waals surface area contributed by atoms with Crippen LogP contribution in [0.4, 0.5) is 0 Å². The van der Waals surface area contributed by atoms with Crippen LogP contribution in [0.1, 0.15) is 19.4 Å². The maximum Gasteiger partial charge on any atom is 0.0492 e. The van der Waals surface area contributed by atoms with Gasteiger partial charge in [-0.25, -0.2) is 0 Å². The van der Waals surface area contributed by atoms with E-state index in [0.717, 1.165) is 0 Å². The van der Waals surface area contributed by atoms with E-state index in [9.17, 15) is 0 Å². The van der Waals surface area contributed by atoms with Crippen LogP contribution >= 0.6 is 0 Å². The van der Waals surface area contributed by atoms with Gasteiger partial charge in [0.15, 0.2) is 0 Å². The van der Waals surface area contributed by atoms with Gasteiger partial charge in [-0.3, -0.25) is 0 Å². The Morgan fingerprint density at radius 1 is 1.25 bits per heavy atom. The Hall–Kier alpha value is -1.82. The average Bonchev–Trinajstić information content (AvgIpc) is 2.11. The Kier molecular flexibility index (Phi) is 9.81. The molecule has 1 nitrogen and oxygen atoms in total. The summed E-state index contributed by atoms with van der Waals surface area (Å²) in [6, 6.07) is 10.7. The normalized spacial score (nSPS) is 7.58. The third kappa shape index (κ3) is 5.00. The molecule has 1 rings (SSSR count). The van der Waals surface area contributed by atoms with Crippen molar-refractivity contribution >= 4 is 0 Å². The molecule has 0 radical (unpaired) electrons. The molecule has 0 saturated carbocycles. The molecule has 1 aromatic rings. The van der Waals surface area contributed by atoms with E-state index in [4.69, 9.17) is 4.74 Å². The molecule has 0 spiro atoms. The molecule has 0 aliphatic heterocycles. The quantitative estimate of drug-likeness (QED) is 0.682. The van der Waals surface area contributed by atoms with Crippen LogP contribution in [0.25, 0.3) is 0 Å². The molecule has 0 atom stereocenters. The van der Waals surface area contributed by atoms with Crippen LogP contribution in [0.15, 0.2) is 24.3 Å². The second-order valence-electron chi connectivity index (χ2n) is 1.84. The molecule has 0 heterocycles. The zero-order valence-electron chi connectivity index (χ0n) is 7.69. The van der Waals surface area contributed by atoms with Crippen molar-refractivity contribution in [2.45, 2.75) is 20.5 Å². The maximum absolute atomic E-state index is 4.91. The van der Waals surface area contributed by atoms with Crippen molar-refractivity contribution in [1.82, 2.24) is 0 Å². The van der Waals surface area contributed by atoms with Crippen molar-refractivity contribution < 1.29 is 4.74 Å². The predicted octanol–water partition coefficient (Wildman–Crippen LogP) is 2.66. The van der Waals surface area contributed by atoms with E-state index < -0.39 is 0 Å². The monoisotopic (exact) mass is 410 g/mol. The number of ether oxygens (including phenoxy) is 1. The van der Waals surface area contributed by atoms with Crippen molar-refractivity contribution in [3.8, 4) is 0 Å². The summed E-state index contributed by atoms with van der Waals surface area (Å²) in [4.78, 5) is 0. The number of benzene rings is 1. The molecule has 0 N–H and O–H groups in total. The van der Waals surface area contributed by atoms with E-state index in [1.54, 1.807) is 7.11 Å². The molecule has 0 fully saturated rings. The van der Waals surface area contributed by atoms with Crippen molar-refractivity contribution in [2.24, 2.45) is 0 Å². The van der Waals surface area contributed by atoms with Gasteiger partial charge >= 0.3 is 0 Å². The molecule has 76 valence electrons. The zero-order valence-corrected chi connectivity index (χ0v) is 9.92. The molecule has 0 aliphatic carbocycles. The van der Waals surface area contributed by atoms with Gasteiger partial charge in [0, 0.05) is 13.7 Å². The first-order chi connectivity index (χ1) is 5.43. The first-order valence-corrected chi connectivity index (χ1v) is 3.87. The van der Waals surface area contributed by atoms with E-state index in [-0.39, 0.29) is 0 Å². The van der Waals surface area contributed by atoms with E-state index in [0.29, 0.717) is 6.61 Å². The Balaban J connectivity index is 0. The largest absolute Gasteiger partial charge is 0.382 e. The summed E-state index contributed by atoms with van der Waals surface area (Å²) in [7, 11) is 1.69. The van der Waals surface area contributed by atoms with Crippen molar-refractivity contribution in [2.75, 3.05) is 7.11 Å². The van der Waals surface area contributed by atoms with Crippen molar-refractivity contribution in [3.05, 3.63) is 35.9 Å². The molecular formula is C10H15NoO-. The van der Waals surface area contributed by atoms with Gasteiger partial charge < -0.3 is 4.74 Å². The van der Waals surface area contributed by atoms with Gasteiger partial charge in [0.2, 0.25) is 0 Å². The molecule has 1 aromatic carbocycles. The van der Waals surface area contributed by atoms with Gasteiger partial charge in [0.25, 0.3) is 0 Å². The molecule has 2 heteroatoms. The van der Waals surface area contributed by atoms with Crippen LogP contribution in [0.5, 0.6) is 0 Å². The Morgan fingerprint density at radius 2 is 1.75 bits per heavy atom. The van der Waals surface area contributed by atoms with Crippen LogP contribution in [0.3, 0.4) is 0 Å². The smallest absolute Gasteiger partial charge is 0.0492 e. The maximum atomic E-state index is 4.91. The number of hydrogen-bond donors (Lipinski definition) is 0. The van der Waals surface area contributed by atoms with Crippen LogP contribution in [0, 0.1) is 6.07 Å². The van der Waals surface area contributed by atoms with Crippen LogP contribution in [-0.2, 0) is 11.3 Å². The van der Waals surface area contributed by atoms with Gasteiger partial charge in [0.05, 0.1) is 0 Å². The van der Waals surface area contributed by atoms with Gasteiger partial charge in [0.1, 0.15) is 0 Å². The number of methoxy groups -OCH3 is 1. The molecule has 0 aromatic heterocycles. The minimum atomic E-state index is 0. The van der Waals surface area contributed by atoms with E-state index in [2.05, 4.69) is 6.07 Å². The minimum absolute atomic E-state index is 0. The molecule has 0 aliphatic rings. The SMILES string of the molecule is CC.COCc1cc[c-]cc1.[No]. The summed E-state index contributed by atoms with van der Waals surface area (Å²) in [6.45, 7) is 4.69. The van der Waals surface area contributed by atoms with E-state index in [1.165, 1.54) is 5.56 Å². The van der Waals surface area contributed by atoms with E-state index in [1.807, 2.05) is 38.1 Å². The number of hydrogen-bond acceptors (Lipinski definition) is 1. The molecule has 12 heavy (non-hydrogen) atoms. The topological polar surface area (TPSA) is 9.23 Å². The molecule has 0 bridgehead atoms. The van der Waals surface area contributed by atoms with Gasteiger partial charge in [-0.1, -0.05) is 13.8 Å². The first-order valence-electron chi connectivity index (χ1n) is 3.87. The van der Waals surface area contributed by atoms with Gasteiger partial charge in [-0.05, 0) is 0 Å². The summed E-state index contributed by atoms with van der Waals surface area (Å²) >= 11 is 0. The fourth-order valence-electron chi connectivity index (χ4n) is 0.684. The standard InChI is InChI=1S/C8H9O.C2H6.No/c1-9-7-8-5-3-2-4-6-8;1-2;/h3-6H,7H2,1H3;1-2H3;/q-1;;. The molecule has 0 amide bonds. The fourth-order valence-corrected chi connectivity index (χ4v) is 0.684. The average molecular weight is 410 g/mol. The minimum Gasteiger partial charge on any atom is -0.382 e. The summed E-state index contributed by atoms with van der Waals surface area (Å²) in [5.74, 6) is 0. The molecule has 0 saturated heterocycles. The summed E-state index contributed by atoms with van der Waals surface area (Å²) < 4.78 is 4.91. The van der Waals surface area contributed by atoms with Gasteiger partial charge in [-0.15, -0.1) is 5.56 Å². The second kappa shape index (κ2) is 9.18. The predicted molar refractivity (Wildman–Crippen MR) is 47.3 cm³/mol. The fraction of sp³-hybridized carbons (Fsp3) is 0.400. The Morgan fingerprint density at radius 3 is 2.17 bits per heavy atom. The molecule has 0 unspecified atom stereocenters. The third-order valence-electron chi connectivity index (χ3n) is 1.10. The Labute approximate surface area is 69.0 Å².